The molecule has 2 aromatic carbocycles. The minimum Gasteiger partial charge on any atom is -0.366 e. The Labute approximate surface area is 174 Å². The van der Waals surface area contributed by atoms with Crippen molar-refractivity contribution in [1.82, 2.24) is 4.90 Å². The summed E-state index contributed by atoms with van der Waals surface area (Å²) in [7, 11) is 0. The lowest BCUT2D eigenvalue weighted by atomic mass is 9.95. The van der Waals surface area contributed by atoms with Crippen LogP contribution in [0, 0.1) is 31.4 Å². The van der Waals surface area contributed by atoms with Crippen LogP contribution in [0.3, 0.4) is 0 Å². The van der Waals surface area contributed by atoms with Gasteiger partial charge in [0.05, 0.1) is 11.3 Å². The van der Waals surface area contributed by atoms with Crippen LogP contribution in [0.5, 0.6) is 0 Å². The molecule has 0 saturated carbocycles. The monoisotopic (exact) mass is 410 g/mol. The zero-order chi connectivity index (χ0) is 21.6. The van der Waals surface area contributed by atoms with E-state index in [0.29, 0.717) is 35.8 Å². The number of carbonyl (C=O) groups is 2. The predicted molar refractivity (Wildman–Crippen MR) is 112 cm³/mol. The van der Waals surface area contributed by atoms with E-state index in [0.717, 1.165) is 41.0 Å². The Kier molecular flexibility index (Phi) is 5.18. The van der Waals surface area contributed by atoms with Crippen molar-refractivity contribution < 1.29 is 18.4 Å². The number of imide groups is 1. The van der Waals surface area contributed by atoms with Gasteiger partial charge in [-0.2, -0.15) is 0 Å². The number of amides is 2. The number of halogens is 2. The lowest BCUT2D eigenvalue weighted by Crippen LogP contribution is -2.38. The first kappa shape index (κ1) is 20.3. The van der Waals surface area contributed by atoms with Gasteiger partial charge in [-0.3, -0.25) is 9.59 Å². The maximum Gasteiger partial charge on any atom is 0.282 e. The van der Waals surface area contributed by atoms with Gasteiger partial charge in [0.15, 0.2) is 11.6 Å². The summed E-state index contributed by atoms with van der Waals surface area (Å²) in [6, 6.07) is 8.82. The molecule has 6 heteroatoms. The van der Waals surface area contributed by atoms with Gasteiger partial charge < -0.3 is 4.90 Å². The van der Waals surface area contributed by atoms with Crippen LogP contribution in [0.25, 0.3) is 5.57 Å². The number of anilines is 1. The van der Waals surface area contributed by atoms with Crippen LogP contribution in [0.2, 0.25) is 0 Å². The van der Waals surface area contributed by atoms with Crippen LogP contribution < -0.4 is 4.90 Å². The summed E-state index contributed by atoms with van der Waals surface area (Å²) in [5.41, 5.74) is 3.35. The Morgan fingerprint density at radius 3 is 2.23 bits per heavy atom. The van der Waals surface area contributed by atoms with E-state index >= 15 is 0 Å². The summed E-state index contributed by atoms with van der Waals surface area (Å²) in [6.07, 6.45) is 1.85. The molecule has 0 unspecified atom stereocenters. The average Bonchev–Trinajstić information content (AvgIpc) is 2.95. The highest BCUT2D eigenvalue weighted by molar-refractivity contribution is 6.45. The van der Waals surface area contributed by atoms with E-state index in [1.54, 1.807) is 0 Å². The molecule has 2 aliphatic rings. The molecule has 0 N–H and O–H groups in total. The van der Waals surface area contributed by atoms with Gasteiger partial charge >= 0.3 is 0 Å². The number of hydrogen-bond acceptors (Lipinski definition) is 3. The summed E-state index contributed by atoms with van der Waals surface area (Å²) in [4.78, 5) is 29.8. The van der Waals surface area contributed by atoms with Gasteiger partial charge in [0, 0.05) is 19.2 Å². The van der Waals surface area contributed by atoms with Crippen LogP contribution in [-0.2, 0) is 9.59 Å². The van der Waals surface area contributed by atoms with E-state index in [-0.39, 0.29) is 5.69 Å². The van der Waals surface area contributed by atoms with Crippen LogP contribution in [0.4, 0.5) is 14.5 Å². The second-order valence-corrected chi connectivity index (χ2v) is 8.26. The topological polar surface area (TPSA) is 40.6 Å². The highest BCUT2D eigenvalue weighted by Crippen LogP contribution is 2.37. The molecule has 4 nitrogen and oxygen atoms in total. The number of piperidine rings is 1. The lowest BCUT2D eigenvalue weighted by molar-refractivity contribution is -0.120. The molecule has 0 bridgehead atoms. The van der Waals surface area contributed by atoms with Crippen molar-refractivity contribution in [2.45, 2.75) is 33.6 Å². The van der Waals surface area contributed by atoms with Crippen LogP contribution in [-0.4, -0.2) is 29.8 Å². The number of aryl methyl sites for hydroxylation is 2. The molecule has 0 aliphatic carbocycles. The fourth-order valence-electron chi connectivity index (χ4n) is 4.24. The van der Waals surface area contributed by atoms with Crippen molar-refractivity contribution in [2.24, 2.45) is 5.92 Å². The Balaban J connectivity index is 1.85. The zero-order valence-electron chi connectivity index (χ0n) is 17.3. The van der Waals surface area contributed by atoms with Gasteiger partial charge in [-0.1, -0.05) is 30.7 Å². The average molecular weight is 410 g/mol. The van der Waals surface area contributed by atoms with Gasteiger partial charge in [-0.05, 0) is 55.9 Å². The summed E-state index contributed by atoms with van der Waals surface area (Å²) in [5.74, 6) is -2.56. The molecule has 2 heterocycles. The van der Waals surface area contributed by atoms with E-state index in [9.17, 15) is 18.4 Å². The second-order valence-electron chi connectivity index (χ2n) is 8.26. The molecule has 2 aliphatic heterocycles. The van der Waals surface area contributed by atoms with E-state index in [1.807, 2.05) is 36.9 Å². The van der Waals surface area contributed by atoms with Crippen LogP contribution in [0.15, 0.2) is 42.1 Å². The molecule has 156 valence electrons. The molecule has 2 aromatic rings. The third-order valence-corrected chi connectivity index (χ3v) is 5.97. The van der Waals surface area contributed by atoms with Gasteiger partial charge in [0.2, 0.25) is 0 Å². The molecule has 1 fully saturated rings. The molecule has 4 rings (SSSR count). The fourth-order valence-corrected chi connectivity index (χ4v) is 4.24. The Bertz CT molecular complexity index is 1070. The van der Waals surface area contributed by atoms with Crippen molar-refractivity contribution >= 4 is 23.1 Å². The largest absolute Gasteiger partial charge is 0.366 e. The van der Waals surface area contributed by atoms with E-state index in [1.165, 1.54) is 6.07 Å². The maximum absolute atomic E-state index is 13.9. The number of carbonyl (C=O) groups excluding carboxylic acids is 2. The van der Waals surface area contributed by atoms with Crippen molar-refractivity contribution in [3.8, 4) is 0 Å². The minimum atomic E-state index is -1.10. The van der Waals surface area contributed by atoms with Crippen molar-refractivity contribution in [1.29, 1.82) is 0 Å². The Morgan fingerprint density at radius 1 is 0.900 bits per heavy atom. The first-order chi connectivity index (χ1) is 14.3. The molecule has 0 aromatic heterocycles. The number of likely N-dealkylation sites (tertiary alicyclic amines) is 1. The fraction of sp³-hybridized carbons (Fsp3) is 0.333. The van der Waals surface area contributed by atoms with Crippen molar-refractivity contribution in [3.63, 3.8) is 0 Å². The maximum atomic E-state index is 13.9. The first-order valence-corrected chi connectivity index (χ1v) is 10.2. The SMILES string of the molecule is Cc1ccc(C2=C(N3CCC(C)CC3)C(=O)N(c3ccc(F)c(F)c3)C2=O)c(C)c1. The molecule has 1 saturated heterocycles. The van der Waals surface area contributed by atoms with Crippen LogP contribution >= 0.6 is 0 Å². The highest BCUT2D eigenvalue weighted by Gasteiger charge is 2.43. The quantitative estimate of drug-likeness (QED) is 0.695. The summed E-state index contributed by atoms with van der Waals surface area (Å²) in [5, 5.41) is 0. The van der Waals surface area contributed by atoms with Gasteiger partial charge in [0.1, 0.15) is 5.70 Å². The normalized spacial score (nSPS) is 18.0. The number of hydrogen-bond donors (Lipinski definition) is 0. The second kappa shape index (κ2) is 7.67. The molecular formula is C24H24F2N2O2. The third kappa shape index (κ3) is 3.40. The van der Waals surface area contributed by atoms with E-state index in [2.05, 4.69) is 6.92 Å². The third-order valence-electron chi connectivity index (χ3n) is 5.97. The van der Waals surface area contributed by atoms with E-state index in [4.69, 9.17) is 0 Å². The van der Waals surface area contributed by atoms with Crippen molar-refractivity contribution in [2.75, 3.05) is 18.0 Å². The number of nitrogens with zero attached hydrogens (tertiary/aromatic N) is 2. The predicted octanol–water partition coefficient (Wildman–Crippen LogP) is 4.60. The summed E-state index contributed by atoms with van der Waals surface area (Å²) >= 11 is 0. The van der Waals surface area contributed by atoms with E-state index < -0.39 is 23.4 Å². The lowest BCUT2D eigenvalue weighted by Gasteiger charge is -2.32. The van der Waals surface area contributed by atoms with Gasteiger partial charge in [0.25, 0.3) is 11.8 Å². The number of rotatable bonds is 3. The molecular weight excluding hydrogens is 386 g/mol. The zero-order valence-corrected chi connectivity index (χ0v) is 17.3. The minimum absolute atomic E-state index is 0.0338. The molecule has 0 atom stereocenters. The van der Waals surface area contributed by atoms with Crippen molar-refractivity contribution in [3.05, 3.63) is 70.4 Å². The standard InChI is InChI=1S/C24H24F2N2O2/c1-14-8-10-27(11-9-14)22-21(18-6-4-15(2)12-16(18)3)23(29)28(24(22)30)17-5-7-19(25)20(26)13-17/h4-7,12-14H,8-11H2,1-3H3. The Morgan fingerprint density at radius 2 is 1.60 bits per heavy atom. The number of benzene rings is 2. The van der Waals surface area contributed by atoms with Gasteiger partial charge in [-0.15, -0.1) is 0 Å². The molecule has 30 heavy (non-hydrogen) atoms. The molecule has 2 amide bonds. The molecule has 0 radical (unpaired) electrons. The molecule has 0 spiro atoms. The van der Waals surface area contributed by atoms with Gasteiger partial charge in [-0.25, -0.2) is 13.7 Å². The van der Waals surface area contributed by atoms with Crippen LogP contribution in [0.1, 0.15) is 36.5 Å². The smallest absolute Gasteiger partial charge is 0.282 e. The summed E-state index contributed by atoms with van der Waals surface area (Å²) in [6.45, 7) is 7.40. The Hall–Kier alpha value is -3.02. The summed E-state index contributed by atoms with van der Waals surface area (Å²) < 4.78 is 27.3. The highest BCUT2D eigenvalue weighted by atomic mass is 19.2. The first-order valence-electron chi connectivity index (χ1n) is 10.2.